The maximum Gasteiger partial charge on any atom is 0.0924 e. The minimum absolute atomic E-state index is 0.855. The Morgan fingerprint density at radius 1 is 1.17 bits per heavy atom. The molecule has 2 N–H and O–H groups in total. The number of aromatic amines is 1. The molecule has 18 heavy (non-hydrogen) atoms. The number of hydrogen-bond donors (Lipinski definition) is 2. The molecule has 1 aromatic heterocycles. The number of benzene rings is 1. The van der Waals surface area contributed by atoms with Crippen molar-refractivity contribution in [3.05, 3.63) is 41.6 Å². The summed E-state index contributed by atoms with van der Waals surface area (Å²) in [6, 6.07) is 10.7. The van der Waals surface area contributed by atoms with Crippen LogP contribution in [-0.2, 0) is 13.0 Å². The molecule has 0 aliphatic rings. The monoisotopic (exact) mass is 243 g/mol. The Hall–Kier alpha value is -1.61. The van der Waals surface area contributed by atoms with E-state index in [0.717, 1.165) is 37.3 Å². The van der Waals surface area contributed by atoms with Gasteiger partial charge >= 0.3 is 0 Å². The molecule has 0 saturated carbocycles. The maximum atomic E-state index is 4.36. The van der Waals surface area contributed by atoms with Crippen molar-refractivity contribution >= 4 is 0 Å². The first-order valence-corrected chi connectivity index (χ1v) is 6.67. The first-order chi connectivity index (χ1) is 8.83. The summed E-state index contributed by atoms with van der Waals surface area (Å²) in [6.07, 6.45) is 2.23. The highest BCUT2D eigenvalue weighted by Crippen LogP contribution is 2.18. The van der Waals surface area contributed by atoms with Gasteiger partial charge in [-0.25, -0.2) is 0 Å². The van der Waals surface area contributed by atoms with Gasteiger partial charge in [0.1, 0.15) is 0 Å². The zero-order valence-electron chi connectivity index (χ0n) is 11.2. The van der Waals surface area contributed by atoms with E-state index in [1.807, 2.05) is 0 Å². The van der Waals surface area contributed by atoms with Crippen LogP contribution in [0.5, 0.6) is 0 Å². The van der Waals surface area contributed by atoms with Crippen LogP contribution in [-0.4, -0.2) is 16.7 Å². The van der Waals surface area contributed by atoms with Gasteiger partial charge in [0.2, 0.25) is 0 Å². The number of rotatable bonds is 6. The molecule has 96 valence electrons. The van der Waals surface area contributed by atoms with Crippen molar-refractivity contribution in [2.24, 2.45) is 0 Å². The Bertz CT molecular complexity index is 471. The lowest BCUT2D eigenvalue weighted by atomic mass is 10.1. The van der Waals surface area contributed by atoms with Crippen LogP contribution in [0.3, 0.4) is 0 Å². The van der Waals surface area contributed by atoms with Crippen LogP contribution in [0, 0.1) is 0 Å². The highest BCUT2D eigenvalue weighted by atomic mass is 15.1. The normalized spacial score (nSPS) is 10.8. The molecule has 0 bridgehead atoms. The Balaban J connectivity index is 2.04. The summed E-state index contributed by atoms with van der Waals surface area (Å²) < 4.78 is 0. The van der Waals surface area contributed by atoms with E-state index in [4.69, 9.17) is 0 Å². The molecule has 3 nitrogen and oxygen atoms in total. The fraction of sp³-hybridized carbons (Fsp3) is 0.400. The van der Waals surface area contributed by atoms with Gasteiger partial charge in [0.05, 0.1) is 5.69 Å². The molecule has 2 rings (SSSR count). The molecule has 0 aliphatic heterocycles. The maximum absolute atomic E-state index is 4.36. The molecule has 1 heterocycles. The van der Waals surface area contributed by atoms with Gasteiger partial charge in [-0.05, 0) is 31.0 Å². The number of nitrogens with zero attached hydrogens (tertiary/aromatic N) is 1. The largest absolute Gasteiger partial charge is 0.311 e. The van der Waals surface area contributed by atoms with Gasteiger partial charge < -0.3 is 5.32 Å². The third kappa shape index (κ3) is 3.20. The first kappa shape index (κ1) is 12.8. The second-order valence-electron chi connectivity index (χ2n) is 4.51. The third-order valence-corrected chi connectivity index (χ3v) is 3.03. The Kier molecular flexibility index (Phi) is 4.53. The predicted octanol–water partition coefficient (Wildman–Crippen LogP) is 3.14. The van der Waals surface area contributed by atoms with E-state index in [1.54, 1.807) is 0 Å². The molecular weight excluding hydrogens is 222 g/mol. The lowest BCUT2D eigenvalue weighted by molar-refractivity contribution is 0.662. The molecule has 0 saturated heterocycles. The molecule has 0 radical (unpaired) electrons. The molecule has 0 aliphatic carbocycles. The summed E-state index contributed by atoms with van der Waals surface area (Å²) in [4.78, 5) is 0. The van der Waals surface area contributed by atoms with Gasteiger partial charge in [0.15, 0.2) is 0 Å². The lowest BCUT2D eigenvalue weighted by Gasteiger charge is -1.99. The van der Waals surface area contributed by atoms with Gasteiger partial charge in [0, 0.05) is 17.8 Å². The zero-order chi connectivity index (χ0) is 12.8. The van der Waals surface area contributed by atoms with Crippen LogP contribution >= 0.6 is 0 Å². The van der Waals surface area contributed by atoms with E-state index in [0.29, 0.717) is 0 Å². The van der Waals surface area contributed by atoms with Crippen molar-refractivity contribution in [1.82, 2.24) is 15.5 Å². The van der Waals surface area contributed by atoms with Crippen LogP contribution in [0.2, 0.25) is 0 Å². The number of hydrogen-bond acceptors (Lipinski definition) is 2. The Morgan fingerprint density at radius 3 is 2.61 bits per heavy atom. The average molecular weight is 243 g/mol. The molecule has 1 aromatic carbocycles. The summed E-state index contributed by atoms with van der Waals surface area (Å²) in [5, 5.41) is 10.8. The highest BCUT2D eigenvalue weighted by Gasteiger charge is 2.03. The van der Waals surface area contributed by atoms with Gasteiger partial charge in [0.25, 0.3) is 0 Å². The van der Waals surface area contributed by atoms with Crippen molar-refractivity contribution in [2.75, 3.05) is 6.54 Å². The van der Waals surface area contributed by atoms with Gasteiger partial charge in [-0.15, -0.1) is 0 Å². The molecule has 2 aromatic rings. The van der Waals surface area contributed by atoms with E-state index in [9.17, 15) is 0 Å². The summed E-state index contributed by atoms with van der Waals surface area (Å²) in [7, 11) is 0. The van der Waals surface area contributed by atoms with Crippen molar-refractivity contribution in [1.29, 1.82) is 0 Å². The fourth-order valence-electron chi connectivity index (χ4n) is 1.91. The summed E-state index contributed by atoms with van der Waals surface area (Å²) >= 11 is 0. The van der Waals surface area contributed by atoms with Crippen LogP contribution in [0.4, 0.5) is 0 Å². The smallest absolute Gasteiger partial charge is 0.0924 e. The Labute approximate surface area is 109 Å². The number of nitrogens with one attached hydrogen (secondary N) is 2. The summed E-state index contributed by atoms with van der Waals surface area (Å²) in [6.45, 7) is 6.23. The van der Waals surface area contributed by atoms with Crippen molar-refractivity contribution < 1.29 is 0 Å². The molecule has 3 heteroatoms. The van der Waals surface area contributed by atoms with Crippen molar-refractivity contribution in [3.63, 3.8) is 0 Å². The summed E-state index contributed by atoms with van der Waals surface area (Å²) in [5.41, 5.74) is 4.69. The standard InChI is InChI=1S/C15H21N3/c1-3-9-16-11-14-10-15(18-17-14)13-7-5-12(4-2)6-8-13/h5-8,10,16H,3-4,9,11H2,1-2H3,(H,17,18). The average Bonchev–Trinajstić information content (AvgIpc) is 2.88. The second kappa shape index (κ2) is 6.36. The second-order valence-corrected chi connectivity index (χ2v) is 4.51. The number of aryl methyl sites for hydroxylation is 1. The van der Waals surface area contributed by atoms with Crippen LogP contribution in [0.1, 0.15) is 31.5 Å². The van der Waals surface area contributed by atoms with Gasteiger partial charge in [-0.2, -0.15) is 5.10 Å². The molecule has 0 atom stereocenters. The van der Waals surface area contributed by atoms with Crippen LogP contribution < -0.4 is 5.32 Å². The van der Waals surface area contributed by atoms with E-state index in [2.05, 4.69) is 59.7 Å². The van der Waals surface area contributed by atoms with E-state index in [-0.39, 0.29) is 0 Å². The molecular formula is C15H21N3. The van der Waals surface area contributed by atoms with Crippen molar-refractivity contribution in [2.45, 2.75) is 33.2 Å². The fourth-order valence-corrected chi connectivity index (χ4v) is 1.91. The minimum atomic E-state index is 0.855. The minimum Gasteiger partial charge on any atom is -0.311 e. The number of aromatic nitrogens is 2. The SMILES string of the molecule is CCCNCc1cc(-c2ccc(CC)cc2)n[nH]1. The molecule has 0 fully saturated rings. The predicted molar refractivity (Wildman–Crippen MR) is 75.4 cm³/mol. The zero-order valence-corrected chi connectivity index (χ0v) is 11.2. The van der Waals surface area contributed by atoms with Crippen LogP contribution in [0.15, 0.2) is 30.3 Å². The Morgan fingerprint density at radius 2 is 1.94 bits per heavy atom. The quantitative estimate of drug-likeness (QED) is 0.765. The molecule has 0 unspecified atom stereocenters. The van der Waals surface area contributed by atoms with Gasteiger partial charge in [-0.3, -0.25) is 5.10 Å². The lowest BCUT2D eigenvalue weighted by Crippen LogP contribution is -2.13. The van der Waals surface area contributed by atoms with Crippen LogP contribution in [0.25, 0.3) is 11.3 Å². The molecule has 0 amide bonds. The third-order valence-electron chi connectivity index (χ3n) is 3.03. The van der Waals surface area contributed by atoms with E-state index < -0.39 is 0 Å². The highest BCUT2D eigenvalue weighted by molar-refractivity contribution is 5.59. The van der Waals surface area contributed by atoms with E-state index >= 15 is 0 Å². The number of H-pyrrole nitrogens is 1. The van der Waals surface area contributed by atoms with E-state index in [1.165, 1.54) is 11.1 Å². The first-order valence-electron chi connectivity index (χ1n) is 6.67. The molecule has 0 spiro atoms. The van der Waals surface area contributed by atoms with Gasteiger partial charge in [-0.1, -0.05) is 38.1 Å². The summed E-state index contributed by atoms with van der Waals surface area (Å²) in [5.74, 6) is 0. The van der Waals surface area contributed by atoms with Crippen molar-refractivity contribution in [3.8, 4) is 11.3 Å². The topological polar surface area (TPSA) is 40.7 Å².